The molecule has 0 saturated heterocycles. The maximum atomic E-state index is 11.2. The number of nitrogens with two attached hydrogens (primary N) is 2. The average Bonchev–Trinajstić information content (AvgIpc) is 2.62. The van der Waals surface area contributed by atoms with E-state index in [1.807, 2.05) is 6.92 Å². The van der Waals surface area contributed by atoms with E-state index in [9.17, 15) is 8.42 Å². The van der Waals surface area contributed by atoms with Gasteiger partial charge in [0.2, 0.25) is 15.9 Å². The lowest BCUT2D eigenvalue weighted by Crippen LogP contribution is -2.14. The van der Waals surface area contributed by atoms with Crippen LogP contribution in [0.1, 0.15) is 5.69 Å². The van der Waals surface area contributed by atoms with Crippen molar-refractivity contribution in [3.63, 3.8) is 0 Å². The molecule has 5 N–H and O–H groups in total. The van der Waals surface area contributed by atoms with Crippen LogP contribution in [0.3, 0.4) is 0 Å². The highest BCUT2D eigenvalue weighted by atomic mass is 32.2. The summed E-state index contributed by atoms with van der Waals surface area (Å²) < 4.78 is 27.7. The number of rotatable bonds is 3. The SMILES string of the molecule is Cc1cc(Oc2ccc(S(N)(=O)=O)c(N)c2)n[nH]1. The number of nitrogen functional groups attached to an aromatic ring is 1. The molecule has 18 heavy (non-hydrogen) atoms. The number of nitrogens with zero attached hydrogens (tertiary/aromatic N) is 1. The van der Waals surface area contributed by atoms with Crippen LogP contribution in [0.4, 0.5) is 5.69 Å². The summed E-state index contributed by atoms with van der Waals surface area (Å²) in [5.41, 5.74) is 6.48. The second-order valence-electron chi connectivity index (χ2n) is 3.74. The second-order valence-corrected chi connectivity index (χ2v) is 5.27. The molecular formula is C10H12N4O3S. The molecule has 0 unspecified atom stereocenters. The van der Waals surface area contributed by atoms with Crippen molar-refractivity contribution < 1.29 is 13.2 Å². The fourth-order valence-corrected chi connectivity index (χ4v) is 2.06. The number of sulfonamides is 1. The lowest BCUT2D eigenvalue weighted by atomic mass is 10.3. The van der Waals surface area contributed by atoms with Crippen molar-refractivity contribution in [1.29, 1.82) is 0 Å². The number of H-pyrrole nitrogens is 1. The summed E-state index contributed by atoms with van der Waals surface area (Å²) in [6.45, 7) is 1.83. The summed E-state index contributed by atoms with van der Waals surface area (Å²) >= 11 is 0. The zero-order chi connectivity index (χ0) is 13.3. The number of nitrogens with one attached hydrogen (secondary N) is 1. The smallest absolute Gasteiger partial charge is 0.240 e. The predicted octanol–water partition coefficient (Wildman–Crippen LogP) is 0.740. The number of benzene rings is 1. The van der Waals surface area contributed by atoms with Crippen LogP contribution in [0.25, 0.3) is 0 Å². The molecule has 0 atom stereocenters. The van der Waals surface area contributed by atoms with E-state index in [4.69, 9.17) is 15.6 Å². The van der Waals surface area contributed by atoms with E-state index in [-0.39, 0.29) is 10.6 Å². The molecule has 0 aliphatic carbocycles. The molecule has 2 rings (SSSR count). The Morgan fingerprint density at radius 2 is 2.06 bits per heavy atom. The molecule has 0 radical (unpaired) electrons. The summed E-state index contributed by atoms with van der Waals surface area (Å²) in [4.78, 5) is -0.131. The standard InChI is InChI=1S/C10H12N4O3S/c1-6-4-10(14-13-6)17-7-2-3-9(8(11)5-7)18(12,15)16/h2-5H,11H2,1H3,(H,13,14)(H2,12,15,16). The van der Waals surface area contributed by atoms with Gasteiger partial charge < -0.3 is 10.5 Å². The average molecular weight is 268 g/mol. The zero-order valence-electron chi connectivity index (χ0n) is 9.54. The molecule has 7 nitrogen and oxygen atoms in total. The van der Waals surface area contributed by atoms with E-state index in [1.165, 1.54) is 18.2 Å². The molecule has 0 spiro atoms. The number of aryl methyl sites for hydroxylation is 1. The summed E-state index contributed by atoms with van der Waals surface area (Å²) in [6, 6.07) is 5.83. The fourth-order valence-electron chi connectivity index (χ4n) is 1.42. The van der Waals surface area contributed by atoms with Gasteiger partial charge >= 0.3 is 0 Å². The summed E-state index contributed by atoms with van der Waals surface area (Å²) in [6.07, 6.45) is 0. The van der Waals surface area contributed by atoms with Crippen LogP contribution in [0, 0.1) is 6.92 Å². The van der Waals surface area contributed by atoms with Crippen molar-refractivity contribution in [2.75, 3.05) is 5.73 Å². The van der Waals surface area contributed by atoms with Gasteiger partial charge in [0.05, 0.1) is 5.69 Å². The summed E-state index contributed by atoms with van der Waals surface area (Å²) in [5, 5.41) is 11.6. The van der Waals surface area contributed by atoms with Gasteiger partial charge in [-0.25, -0.2) is 13.6 Å². The van der Waals surface area contributed by atoms with Gasteiger partial charge in [0.25, 0.3) is 0 Å². The minimum atomic E-state index is -3.82. The quantitative estimate of drug-likeness (QED) is 0.708. The van der Waals surface area contributed by atoms with Gasteiger partial charge in [-0.3, -0.25) is 5.10 Å². The van der Waals surface area contributed by atoms with E-state index in [0.717, 1.165) is 5.69 Å². The van der Waals surface area contributed by atoms with E-state index in [0.29, 0.717) is 11.6 Å². The number of primary sulfonamides is 1. The lowest BCUT2D eigenvalue weighted by molar-refractivity contribution is 0.461. The molecule has 0 amide bonds. The van der Waals surface area contributed by atoms with Crippen LogP contribution in [0.15, 0.2) is 29.2 Å². The fraction of sp³-hybridized carbons (Fsp3) is 0.100. The van der Waals surface area contributed by atoms with E-state index >= 15 is 0 Å². The Bertz CT molecular complexity index is 678. The van der Waals surface area contributed by atoms with E-state index in [2.05, 4.69) is 10.2 Å². The van der Waals surface area contributed by atoms with Gasteiger partial charge in [-0.05, 0) is 19.1 Å². The number of ether oxygens (including phenoxy) is 1. The lowest BCUT2D eigenvalue weighted by Gasteiger charge is -2.06. The minimum absolute atomic E-state index is 0.0299. The van der Waals surface area contributed by atoms with Gasteiger partial charge in [0.15, 0.2) is 0 Å². The van der Waals surface area contributed by atoms with Crippen LogP contribution in [-0.2, 0) is 10.0 Å². The zero-order valence-corrected chi connectivity index (χ0v) is 10.4. The first kappa shape index (κ1) is 12.4. The van der Waals surface area contributed by atoms with Crippen LogP contribution in [-0.4, -0.2) is 18.6 Å². The van der Waals surface area contributed by atoms with Gasteiger partial charge in [0, 0.05) is 17.8 Å². The molecule has 0 bridgehead atoms. The predicted molar refractivity (Wildman–Crippen MR) is 65.6 cm³/mol. The van der Waals surface area contributed by atoms with Gasteiger partial charge in [-0.2, -0.15) is 0 Å². The van der Waals surface area contributed by atoms with Crippen LogP contribution in [0.5, 0.6) is 11.6 Å². The van der Waals surface area contributed by atoms with Gasteiger partial charge in [-0.1, -0.05) is 0 Å². The normalized spacial score (nSPS) is 11.4. The third-order valence-corrected chi connectivity index (χ3v) is 3.18. The Morgan fingerprint density at radius 3 is 2.56 bits per heavy atom. The number of aromatic amines is 1. The monoisotopic (exact) mass is 268 g/mol. The molecule has 96 valence electrons. The van der Waals surface area contributed by atoms with Gasteiger partial charge in [-0.15, -0.1) is 5.10 Å². The Labute approximate surface area is 104 Å². The van der Waals surface area contributed by atoms with Crippen molar-refractivity contribution >= 4 is 15.7 Å². The number of aromatic nitrogens is 2. The van der Waals surface area contributed by atoms with Crippen LogP contribution in [0.2, 0.25) is 0 Å². The molecular weight excluding hydrogens is 256 g/mol. The Hall–Kier alpha value is -2.06. The molecule has 2 aromatic rings. The highest BCUT2D eigenvalue weighted by Gasteiger charge is 2.13. The summed E-state index contributed by atoms with van der Waals surface area (Å²) in [7, 11) is -3.82. The Morgan fingerprint density at radius 1 is 1.33 bits per heavy atom. The maximum absolute atomic E-state index is 11.2. The first-order valence-corrected chi connectivity index (χ1v) is 6.53. The van der Waals surface area contributed by atoms with E-state index < -0.39 is 10.0 Å². The first-order chi connectivity index (χ1) is 8.36. The third kappa shape index (κ3) is 2.60. The molecule has 1 aromatic heterocycles. The first-order valence-electron chi connectivity index (χ1n) is 4.98. The molecule has 1 aromatic carbocycles. The van der Waals surface area contributed by atoms with E-state index in [1.54, 1.807) is 6.07 Å². The second kappa shape index (κ2) is 4.31. The van der Waals surface area contributed by atoms with Crippen molar-refractivity contribution in [2.45, 2.75) is 11.8 Å². The van der Waals surface area contributed by atoms with Crippen molar-refractivity contribution in [1.82, 2.24) is 10.2 Å². The van der Waals surface area contributed by atoms with Crippen LogP contribution < -0.4 is 15.6 Å². The Kier molecular flexibility index (Phi) is 2.97. The topological polar surface area (TPSA) is 124 Å². The van der Waals surface area contributed by atoms with Crippen LogP contribution >= 0.6 is 0 Å². The molecule has 0 fully saturated rings. The largest absolute Gasteiger partial charge is 0.437 e. The molecule has 1 heterocycles. The van der Waals surface area contributed by atoms with Crippen molar-refractivity contribution in [3.05, 3.63) is 30.0 Å². The third-order valence-electron chi connectivity index (χ3n) is 2.19. The molecule has 0 aliphatic heterocycles. The molecule has 8 heteroatoms. The van der Waals surface area contributed by atoms with Crippen molar-refractivity contribution in [2.24, 2.45) is 5.14 Å². The summed E-state index contributed by atoms with van der Waals surface area (Å²) in [5.74, 6) is 0.752. The molecule has 0 saturated carbocycles. The number of anilines is 1. The molecule has 0 aliphatic rings. The number of hydrogen-bond donors (Lipinski definition) is 3. The van der Waals surface area contributed by atoms with Gasteiger partial charge in [0.1, 0.15) is 10.6 Å². The minimum Gasteiger partial charge on any atom is -0.437 e. The number of hydrogen-bond acceptors (Lipinski definition) is 5. The highest BCUT2D eigenvalue weighted by molar-refractivity contribution is 7.89. The van der Waals surface area contributed by atoms with Crippen molar-refractivity contribution in [3.8, 4) is 11.6 Å². The Balaban J connectivity index is 2.30. The highest BCUT2D eigenvalue weighted by Crippen LogP contribution is 2.26. The maximum Gasteiger partial charge on any atom is 0.240 e.